The molecule has 0 aliphatic rings. The molecule has 29 heavy (non-hydrogen) atoms. The van der Waals surface area contributed by atoms with Gasteiger partial charge in [-0.25, -0.2) is 0 Å². The van der Waals surface area contributed by atoms with Crippen molar-refractivity contribution in [1.29, 1.82) is 0 Å². The van der Waals surface area contributed by atoms with Gasteiger partial charge in [0.1, 0.15) is 6.04 Å². The number of benzene rings is 2. The fourth-order valence-electron chi connectivity index (χ4n) is 2.99. The summed E-state index contributed by atoms with van der Waals surface area (Å²) < 4.78 is 0. The van der Waals surface area contributed by atoms with Crippen LogP contribution in [0.3, 0.4) is 0 Å². The number of hydrogen-bond acceptors (Lipinski definition) is 2. The van der Waals surface area contributed by atoms with Gasteiger partial charge in [-0.15, -0.1) is 0 Å². The van der Waals surface area contributed by atoms with E-state index in [4.69, 9.17) is 23.2 Å². The van der Waals surface area contributed by atoms with Crippen molar-refractivity contribution in [2.24, 2.45) is 0 Å². The standard InChI is InChI=1S/C23H28Cl2N2O2/c1-15(2)26-23(29)17(4)27(14-19-20(24)6-5-7-21(19)25)22(28)13-12-18-10-8-16(3)9-11-18/h5-11,15,17H,12-14H2,1-4H3,(H,26,29)/t17-/m0/s1. The molecule has 0 aliphatic heterocycles. The second-order valence-electron chi connectivity index (χ2n) is 7.55. The second-order valence-corrected chi connectivity index (χ2v) is 8.36. The summed E-state index contributed by atoms with van der Waals surface area (Å²) >= 11 is 12.6. The van der Waals surface area contributed by atoms with Gasteiger partial charge in [-0.1, -0.05) is 59.1 Å². The minimum atomic E-state index is -0.643. The van der Waals surface area contributed by atoms with Crippen LogP contribution in [0, 0.1) is 6.92 Å². The van der Waals surface area contributed by atoms with Gasteiger partial charge in [0.15, 0.2) is 0 Å². The van der Waals surface area contributed by atoms with Crippen molar-refractivity contribution in [3.05, 3.63) is 69.2 Å². The van der Waals surface area contributed by atoms with Gasteiger partial charge >= 0.3 is 0 Å². The molecule has 0 spiro atoms. The summed E-state index contributed by atoms with van der Waals surface area (Å²) in [5.41, 5.74) is 2.90. The van der Waals surface area contributed by atoms with E-state index in [1.54, 1.807) is 30.0 Å². The molecule has 1 atom stereocenters. The van der Waals surface area contributed by atoms with Crippen LogP contribution in [0.5, 0.6) is 0 Å². The highest BCUT2D eigenvalue weighted by atomic mass is 35.5. The Labute approximate surface area is 183 Å². The molecule has 2 amide bonds. The smallest absolute Gasteiger partial charge is 0.242 e. The third-order valence-corrected chi connectivity index (χ3v) is 5.44. The van der Waals surface area contributed by atoms with Crippen molar-refractivity contribution in [1.82, 2.24) is 10.2 Å². The molecule has 0 unspecified atom stereocenters. The first-order valence-electron chi connectivity index (χ1n) is 9.77. The Kier molecular flexibility index (Phi) is 8.54. The van der Waals surface area contributed by atoms with Crippen LogP contribution in [0.15, 0.2) is 42.5 Å². The summed E-state index contributed by atoms with van der Waals surface area (Å²) in [7, 11) is 0. The topological polar surface area (TPSA) is 49.4 Å². The average molecular weight is 435 g/mol. The van der Waals surface area contributed by atoms with Crippen molar-refractivity contribution < 1.29 is 9.59 Å². The number of nitrogens with one attached hydrogen (secondary N) is 1. The fraction of sp³-hybridized carbons (Fsp3) is 0.391. The number of carbonyl (C=O) groups excluding carboxylic acids is 2. The van der Waals surface area contributed by atoms with Gasteiger partial charge in [-0.05, 0) is 51.8 Å². The van der Waals surface area contributed by atoms with Crippen LogP contribution < -0.4 is 5.32 Å². The highest BCUT2D eigenvalue weighted by Gasteiger charge is 2.27. The molecule has 2 aromatic carbocycles. The predicted molar refractivity (Wildman–Crippen MR) is 119 cm³/mol. The summed E-state index contributed by atoms with van der Waals surface area (Å²) in [6, 6.07) is 12.7. The minimum absolute atomic E-state index is 0.0154. The molecule has 1 N–H and O–H groups in total. The van der Waals surface area contributed by atoms with Gasteiger partial charge in [0.2, 0.25) is 11.8 Å². The van der Waals surface area contributed by atoms with E-state index in [-0.39, 0.29) is 24.4 Å². The monoisotopic (exact) mass is 434 g/mol. The molecule has 4 nitrogen and oxygen atoms in total. The average Bonchev–Trinajstić information content (AvgIpc) is 2.66. The largest absolute Gasteiger partial charge is 0.352 e. The van der Waals surface area contributed by atoms with Crippen LogP contribution in [0.4, 0.5) is 0 Å². The Morgan fingerprint density at radius 3 is 2.14 bits per heavy atom. The van der Waals surface area contributed by atoms with Crippen LogP contribution in [-0.2, 0) is 22.6 Å². The summed E-state index contributed by atoms with van der Waals surface area (Å²) in [5, 5.41) is 3.83. The van der Waals surface area contributed by atoms with Crippen molar-refractivity contribution in [3.63, 3.8) is 0 Å². The number of aryl methyl sites for hydroxylation is 2. The highest BCUT2D eigenvalue weighted by molar-refractivity contribution is 6.36. The first-order valence-corrected chi connectivity index (χ1v) is 10.5. The SMILES string of the molecule is Cc1ccc(CCC(=O)N(Cc2c(Cl)cccc2Cl)[C@@H](C)C(=O)NC(C)C)cc1. The molecule has 6 heteroatoms. The first kappa shape index (κ1) is 23.2. The summed E-state index contributed by atoms with van der Waals surface area (Å²) in [5.74, 6) is -0.320. The lowest BCUT2D eigenvalue weighted by Gasteiger charge is -2.30. The maximum Gasteiger partial charge on any atom is 0.242 e. The molecule has 2 aromatic rings. The maximum atomic E-state index is 13.1. The zero-order valence-electron chi connectivity index (χ0n) is 17.3. The molecule has 0 heterocycles. The molecular formula is C23H28Cl2N2O2. The van der Waals surface area contributed by atoms with Crippen molar-refractivity contribution >= 4 is 35.0 Å². The number of hydrogen-bond donors (Lipinski definition) is 1. The lowest BCUT2D eigenvalue weighted by Crippen LogP contribution is -2.49. The zero-order chi connectivity index (χ0) is 21.6. The van der Waals surface area contributed by atoms with Crippen LogP contribution in [0.1, 0.15) is 43.9 Å². The maximum absolute atomic E-state index is 13.1. The van der Waals surface area contributed by atoms with Gasteiger partial charge in [-0.3, -0.25) is 9.59 Å². The molecule has 0 aliphatic carbocycles. The second kappa shape index (κ2) is 10.7. The van der Waals surface area contributed by atoms with Gasteiger partial charge in [-0.2, -0.15) is 0 Å². The van der Waals surface area contributed by atoms with Crippen molar-refractivity contribution in [2.45, 2.75) is 59.2 Å². The van der Waals surface area contributed by atoms with E-state index in [9.17, 15) is 9.59 Å². The Morgan fingerprint density at radius 2 is 1.59 bits per heavy atom. The van der Waals surface area contributed by atoms with Crippen LogP contribution in [0.25, 0.3) is 0 Å². The normalized spacial score (nSPS) is 12.0. The van der Waals surface area contributed by atoms with E-state index in [1.165, 1.54) is 5.56 Å². The Hall–Kier alpha value is -2.04. The van der Waals surface area contributed by atoms with E-state index < -0.39 is 6.04 Å². The molecule has 0 saturated carbocycles. The molecule has 0 radical (unpaired) electrons. The van der Waals surface area contributed by atoms with E-state index in [0.29, 0.717) is 28.5 Å². The number of rotatable bonds is 8. The van der Waals surface area contributed by atoms with E-state index in [1.807, 2.05) is 45.0 Å². The fourth-order valence-corrected chi connectivity index (χ4v) is 3.51. The third kappa shape index (κ3) is 6.76. The number of halogens is 2. The quantitative estimate of drug-likeness (QED) is 0.622. The van der Waals surface area contributed by atoms with E-state index in [0.717, 1.165) is 5.56 Å². The first-order chi connectivity index (χ1) is 13.7. The third-order valence-electron chi connectivity index (χ3n) is 4.74. The molecule has 2 rings (SSSR count). The molecule has 0 bridgehead atoms. The Balaban J connectivity index is 2.21. The van der Waals surface area contributed by atoms with Crippen LogP contribution >= 0.6 is 23.2 Å². The molecule has 0 fully saturated rings. The highest BCUT2D eigenvalue weighted by Crippen LogP contribution is 2.27. The summed E-state index contributed by atoms with van der Waals surface area (Å²) in [4.78, 5) is 27.3. The van der Waals surface area contributed by atoms with E-state index >= 15 is 0 Å². The molecule has 0 saturated heterocycles. The van der Waals surface area contributed by atoms with Crippen molar-refractivity contribution in [3.8, 4) is 0 Å². The van der Waals surface area contributed by atoms with E-state index in [2.05, 4.69) is 5.32 Å². The lowest BCUT2D eigenvalue weighted by atomic mass is 10.1. The van der Waals surface area contributed by atoms with Crippen molar-refractivity contribution in [2.75, 3.05) is 0 Å². The summed E-state index contributed by atoms with van der Waals surface area (Å²) in [6.45, 7) is 7.71. The summed E-state index contributed by atoms with van der Waals surface area (Å²) in [6.07, 6.45) is 0.898. The Bertz CT molecular complexity index is 830. The Morgan fingerprint density at radius 1 is 1.00 bits per heavy atom. The number of amides is 2. The number of carbonyl (C=O) groups is 2. The predicted octanol–water partition coefficient (Wildman–Crippen LogP) is 5.18. The van der Waals surface area contributed by atoms with Gasteiger partial charge < -0.3 is 10.2 Å². The van der Waals surface area contributed by atoms with Gasteiger partial charge in [0, 0.05) is 34.6 Å². The van der Waals surface area contributed by atoms with Gasteiger partial charge in [0.25, 0.3) is 0 Å². The minimum Gasteiger partial charge on any atom is -0.352 e. The van der Waals surface area contributed by atoms with Crippen LogP contribution in [-0.4, -0.2) is 28.8 Å². The molecule has 156 valence electrons. The zero-order valence-corrected chi connectivity index (χ0v) is 18.8. The molecular weight excluding hydrogens is 407 g/mol. The lowest BCUT2D eigenvalue weighted by molar-refractivity contribution is -0.140. The molecule has 0 aromatic heterocycles. The van der Waals surface area contributed by atoms with Crippen LogP contribution in [0.2, 0.25) is 10.0 Å². The van der Waals surface area contributed by atoms with Gasteiger partial charge in [0.05, 0.1) is 0 Å². The number of nitrogens with zero attached hydrogens (tertiary/aromatic N) is 1.